The molecule has 0 bridgehead atoms. The maximum Gasteiger partial charge on any atom is 0.274 e. The first-order valence-corrected chi connectivity index (χ1v) is 16.1. The molecule has 0 radical (unpaired) electrons. The number of hydrogen-bond acceptors (Lipinski definition) is 6. The zero-order valence-electron chi connectivity index (χ0n) is 27.3. The van der Waals surface area contributed by atoms with Crippen LogP contribution in [0.5, 0.6) is 0 Å². The summed E-state index contributed by atoms with van der Waals surface area (Å²) in [5.41, 5.74) is 9.10. The van der Waals surface area contributed by atoms with Crippen LogP contribution in [-0.4, -0.2) is 49.8 Å². The number of benzene rings is 4. The summed E-state index contributed by atoms with van der Waals surface area (Å²) in [6.45, 7) is 0. The quantitative estimate of drug-likeness (QED) is 0.182. The molecule has 1 fully saturated rings. The smallest absolute Gasteiger partial charge is 0.274 e. The molecule has 5 aromatic rings. The third-order valence-corrected chi connectivity index (χ3v) is 9.15. The molecule has 7 heteroatoms. The van der Waals surface area contributed by atoms with Crippen molar-refractivity contribution in [3.63, 3.8) is 0 Å². The van der Waals surface area contributed by atoms with E-state index >= 15 is 0 Å². The molecule has 7 nitrogen and oxygen atoms in total. The first kappa shape index (κ1) is 30.2. The number of nitrogens with zero attached hydrogens (tertiary/aromatic N) is 5. The fourth-order valence-electron chi connectivity index (χ4n) is 6.57. The van der Waals surface area contributed by atoms with E-state index in [4.69, 9.17) is 9.52 Å². The van der Waals surface area contributed by atoms with E-state index in [0.717, 1.165) is 58.6 Å². The van der Waals surface area contributed by atoms with Crippen LogP contribution in [-0.2, 0) is 0 Å². The Labute approximate surface area is 276 Å². The molecule has 0 unspecified atom stereocenters. The van der Waals surface area contributed by atoms with Gasteiger partial charge in [-0.1, -0.05) is 54.6 Å². The van der Waals surface area contributed by atoms with Crippen molar-refractivity contribution in [2.45, 2.75) is 25.3 Å². The molecule has 236 valence electrons. The first-order chi connectivity index (χ1) is 22.9. The van der Waals surface area contributed by atoms with Crippen molar-refractivity contribution in [3.05, 3.63) is 132 Å². The number of oxazole rings is 1. The first-order valence-electron chi connectivity index (χ1n) is 16.1. The van der Waals surface area contributed by atoms with Crippen molar-refractivity contribution < 1.29 is 9.21 Å². The van der Waals surface area contributed by atoms with Crippen LogP contribution in [0.15, 0.2) is 124 Å². The van der Waals surface area contributed by atoms with Gasteiger partial charge in [0.15, 0.2) is 5.76 Å². The van der Waals surface area contributed by atoms with E-state index in [1.54, 1.807) is 11.2 Å². The molecule has 0 N–H and O–H groups in total. The number of allylic oxidation sites excluding steroid dienone is 1. The van der Waals surface area contributed by atoms with E-state index in [1.807, 2.05) is 82.8 Å². The van der Waals surface area contributed by atoms with Gasteiger partial charge in [-0.05, 0) is 90.6 Å². The van der Waals surface area contributed by atoms with Crippen LogP contribution in [0.3, 0.4) is 0 Å². The van der Waals surface area contributed by atoms with E-state index in [-0.39, 0.29) is 17.9 Å². The summed E-state index contributed by atoms with van der Waals surface area (Å²) >= 11 is 0. The molecule has 0 saturated heterocycles. The number of hydrogen-bond donors (Lipinski definition) is 0. The van der Waals surface area contributed by atoms with Gasteiger partial charge in [-0.15, -0.1) is 0 Å². The SMILES string of the molecule is CN(C)c1ccc(/C=C2/CCC[C@@H]3C2=NN(C(=O)c2ccc(-c4ncc(-c5ccccc5)o4)cc2)[C@H]3c2ccc(N(C)C)cc2)cc1. The van der Waals surface area contributed by atoms with Gasteiger partial charge >= 0.3 is 0 Å². The van der Waals surface area contributed by atoms with Crippen molar-refractivity contribution in [3.8, 4) is 22.8 Å². The highest BCUT2D eigenvalue weighted by Crippen LogP contribution is 2.45. The Bertz CT molecular complexity index is 1920. The van der Waals surface area contributed by atoms with Crippen LogP contribution >= 0.6 is 0 Å². The second kappa shape index (κ2) is 12.8. The summed E-state index contributed by atoms with van der Waals surface area (Å²) in [5.74, 6) is 1.22. The van der Waals surface area contributed by atoms with Crippen LogP contribution in [0.25, 0.3) is 28.9 Å². The molecule has 1 saturated carbocycles. The lowest BCUT2D eigenvalue weighted by Gasteiger charge is -2.30. The predicted molar refractivity (Wildman–Crippen MR) is 191 cm³/mol. The minimum atomic E-state index is -0.187. The second-order valence-electron chi connectivity index (χ2n) is 12.7. The second-order valence-corrected chi connectivity index (χ2v) is 12.7. The largest absolute Gasteiger partial charge is 0.436 e. The van der Waals surface area contributed by atoms with Gasteiger partial charge in [0, 0.05) is 62.2 Å². The Balaban J connectivity index is 1.21. The molecule has 2 atom stereocenters. The van der Waals surface area contributed by atoms with E-state index in [0.29, 0.717) is 17.2 Å². The lowest BCUT2D eigenvalue weighted by molar-refractivity contribution is 0.0681. The summed E-state index contributed by atoms with van der Waals surface area (Å²) in [6, 6.07) is 34.3. The van der Waals surface area contributed by atoms with Crippen LogP contribution in [0.1, 0.15) is 46.8 Å². The number of rotatable bonds is 7. The van der Waals surface area contributed by atoms with Gasteiger partial charge in [0.05, 0.1) is 18.0 Å². The number of carbonyl (C=O) groups is 1. The lowest BCUT2D eigenvalue weighted by atomic mass is 9.77. The minimum Gasteiger partial charge on any atom is -0.436 e. The van der Waals surface area contributed by atoms with Gasteiger partial charge in [-0.25, -0.2) is 9.99 Å². The normalized spacial score (nSPS) is 18.2. The maximum absolute atomic E-state index is 14.3. The Morgan fingerprint density at radius 3 is 2.13 bits per heavy atom. The fraction of sp³-hybridized carbons (Fsp3) is 0.225. The van der Waals surface area contributed by atoms with Crippen molar-refractivity contribution in [2.75, 3.05) is 38.0 Å². The number of hydrazone groups is 1. The Hall–Kier alpha value is -5.43. The van der Waals surface area contributed by atoms with Gasteiger partial charge in [-0.2, -0.15) is 5.10 Å². The van der Waals surface area contributed by atoms with Crippen molar-refractivity contribution in [2.24, 2.45) is 11.0 Å². The van der Waals surface area contributed by atoms with Crippen LogP contribution in [0, 0.1) is 5.92 Å². The molecule has 1 aromatic heterocycles. The summed E-state index contributed by atoms with van der Waals surface area (Å²) < 4.78 is 6.06. The molecular weight excluding hydrogens is 582 g/mol. The van der Waals surface area contributed by atoms with Gasteiger partial charge in [0.1, 0.15) is 0 Å². The number of fused-ring (bicyclic) bond motifs is 1. The van der Waals surface area contributed by atoms with Gasteiger partial charge < -0.3 is 14.2 Å². The molecule has 4 aromatic carbocycles. The van der Waals surface area contributed by atoms with Crippen molar-refractivity contribution >= 4 is 29.1 Å². The van der Waals surface area contributed by atoms with Gasteiger partial charge in [-0.3, -0.25) is 4.79 Å². The number of anilines is 2. The van der Waals surface area contributed by atoms with Crippen LogP contribution in [0.2, 0.25) is 0 Å². The third-order valence-electron chi connectivity index (χ3n) is 9.15. The molecule has 2 heterocycles. The molecule has 7 rings (SSSR count). The molecule has 47 heavy (non-hydrogen) atoms. The van der Waals surface area contributed by atoms with Gasteiger partial charge in [0.25, 0.3) is 5.91 Å². The molecule has 1 aliphatic carbocycles. The summed E-state index contributed by atoms with van der Waals surface area (Å²) in [6.07, 6.45) is 6.95. The summed E-state index contributed by atoms with van der Waals surface area (Å²) in [4.78, 5) is 23.0. The molecule has 1 amide bonds. The average molecular weight is 622 g/mol. The monoisotopic (exact) mass is 621 g/mol. The number of amides is 1. The summed E-state index contributed by atoms with van der Waals surface area (Å²) in [7, 11) is 8.17. The standard InChI is InChI=1S/C40H39N5O2/c1-43(2)33-21-13-27(14-22-33)25-32-11-8-12-35-37(32)42-45(38(35)29-19-23-34(24-20-29)44(3)4)40(46)31-17-15-30(16-18-31)39-41-26-36(47-39)28-9-6-5-7-10-28/h5-7,9-10,13-26,35,38H,8,11-12H2,1-4H3/b32-25-/t35-,38+/m1/s1. The Morgan fingerprint density at radius 1 is 0.809 bits per heavy atom. The zero-order valence-corrected chi connectivity index (χ0v) is 27.3. The highest BCUT2D eigenvalue weighted by molar-refractivity contribution is 6.09. The fourth-order valence-corrected chi connectivity index (χ4v) is 6.57. The van der Waals surface area contributed by atoms with Crippen molar-refractivity contribution in [1.82, 2.24) is 9.99 Å². The lowest BCUT2D eigenvalue weighted by Crippen LogP contribution is -2.32. The third kappa shape index (κ3) is 6.09. The van der Waals surface area contributed by atoms with Crippen LogP contribution in [0.4, 0.5) is 11.4 Å². The molecule has 2 aliphatic rings. The maximum atomic E-state index is 14.3. The highest BCUT2D eigenvalue weighted by atomic mass is 16.4. The highest BCUT2D eigenvalue weighted by Gasteiger charge is 2.44. The molecular formula is C40H39N5O2. The zero-order chi connectivity index (χ0) is 32.5. The van der Waals surface area contributed by atoms with E-state index in [1.165, 1.54) is 5.57 Å². The van der Waals surface area contributed by atoms with E-state index in [2.05, 4.69) is 69.4 Å². The van der Waals surface area contributed by atoms with Gasteiger partial charge in [0.2, 0.25) is 5.89 Å². The number of carbonyl (C=O) groups excluding carboxylic acids is 1. The van der Waals surface area contributed by atoms with E-state index < -0.39 is 0 Å². The minimum absolute atomic E-state index is 0.118. The topological polar surface area (TPSA) is 65.2 Å². The molecule has 0 spiro atoms. The van der Waals surface area contributed by atoms with Crippen molar-refractivity contribution in [1.29, 1.82) is 0 Å². The average Bonchev–Trinajstić information content (AvgIpc) is 3.75. The van der Waals surface area contributed by atoms with E-state index in [9.17, 15) is 4.79 Å². The van der Waals surface area contributed by atoms with Crippen LogP contribution < -0.4 is 9.80 Å². The Morgan fingerprint density at radius 2 is 1.47 bits per heavy atom. The predicted octanol–water partition coefficient (Wildman–Crippen LogP) is 8.58. The summed E-state index contributed by atoms with van der Waals surface area (Å²) in [5, 5.41) is 6.85. The Kier molecular flexibility index (Phi) is 8.21. The number of aromatic nitrogens is 1. The molecule has 1 aliphatic heterocycles.